The van der Waals surface area contributed by atoms with Crippen LogP contribution in [0.2, 0.25) is 5.15 Å². The van der Waals surface area contributed by atoms with Crippen molar-refractivity contribution >= 4 is 17.5 Å². The summed E-state index contributed by atoms with van der Waals surface area (Å²) in [7, 11) is 1.87. The standard InChI is InChI=1S/C15H23ClN4O/c1-4-13-12(14(16)18(3)17-13)9-19-8-11-6-5-7-20(11)15(21)10(19)2/h10-11H,4-9H2,1-3H3/t10-,11-/m0/s1. The first-order valence-corrected chi connectivity index (χ1v) is 8.15. The number of piperazine rings is 1. The third kappa shape index (κ3) is 2.46. The van der Waals surface area contributed by atoms with Crippen LogP contribution in [0.1, 0.15) is 37.9 Å². The van der Waals surface area contributed by atoms with Gasteiger partial charge in [-0.2, -0.15) is 5.10 Å². The largest absolute Gasteiger partial charge is 0.337 e. The Hall–Kier alpha value is -1.07. The van der Waals surface area contributed by atoms with Crippen molar-refractivity contribution in [2.45, 2.75) is 51.7 Å². The molecule has 3 rings (SSSR count). The van der Waals surface area contributed by atoms with Crippen LogP contribution in [0.15, 0.2) is 0 Å². The fourth-order valence-corrected chi connectivity index (χ4v) is 3.79. The number of fused-ring (bicyclic) bond motifs is 1. The third-order valence-electron chi connectivity index (χ3n) is 4.86. The molecule has 2 atom stereocenters. The highest BCUT2D eigenvalue weighted by Gasteiger charge is 2.40. The molecule has 2 fully saturated rings. The van der Waals surface area contributed by atoms with Gasteiger partial charge < -0.3 is 4.90 Å². The fourth-order valence-electron chi connectivity index (χ4n) is 3.59. The minimum absolute atomic E-state index is 0.0691. The number of aromatic nitrogens is 2. The van der Waals surface area contributed by atoms with Gasteiger partial charge in [-0.15, -0.1) is 0 Å². The lowest BCUT2D eigenvalue weighted by atomic mass is 10.1. The van der Waals surface area contributed by atoms with Gasteiger partial charge in [-0.25, -0.2) is 0 Å². The van der Waals surface area contributed by atoms with Gasteiger partial charge in [0.15, 0.2) is 0 Å². The smallest absolute Gasteiger partial charge is 0.239 e. The van der Waals surface area contributed by atoms with Gasteiger partial charge in [0, 0.05) is 38.3 Å². The average Bonchev–Trinajstić information content (AvgIpc) is 3.04. The van der Waals surface area contributed by atoms with Crippen molar-refractivity contribution in [1.82, 2.24) is 19.6 Å². The first-order valence-electron chi connectivity index (χ1n) is 7.77. The molecule has 2 saturated heterocycles. The van der Waals surface area contributed by atoms with E-state index in [0.717, 1.165) is 43.6 Å². The predicted octanol–water partition coefficient (Wildman–Crippen LogP) is 1.83. The Balaban J connectivity index is 1.83. The van der Waals surface area contributed by atoms with Crippen LogP contribution in [0.25, 0.3) is 0 Å². The van der Waals surface area contributed by atoms with E-state index in [-0.39, 0.29) is 11.9 Å². The van der Waals surface area contributed by atoms with Crippen molar-refractivity contribution in [3.05, 3.63) is 16.4 Å². The number of aryl methyl sites for hydroxylation is 2. The molecule has 6 heteroatoms. The van der Waals surface area contributed by atoms with Crippen LogP contribution in [-0.2, 0) is 24.8 Å². The molecule has 116 valence electrons. The summed E-state index contributed by atoms with van der Waals surface area (Å²) in [5.74, 6) is 0.266. The van der Waals surface area contributed by atoms with Crippen molar-refractivity contribution in [3.63, 3.8) is 0 Å². The molecule has 21 heavy (non-hydrogen) atoms. The molecule has 0 radical (unpaired) electrons. The summed E-state index contributed by atoms with van der Waals surface area (Å²) in [5, 5.41) is 5.16. The Morgan fingerprint density at radius 3 is 2.90 bits per heavy atom. The second-order valence-electron chi connectivity index (χ2n) is 6.13. The number of amides is 1. The molecule has 1 aromatic rings. The minimum Gasteiger partial charge on any atom is -0.337 e. The Labute approximate surface area is 130 Å². The van der Waals surface area contributed by atoms with E-state index in [1.54, 1.807) is 4.68 Å². The second kappa shape index (κ2) is 5.61. The van der Waals surface area contributed by atoms with Crippen LogP contribution in [0.3, 0.4) is 0 Å². The predicted molar refractivity (Wildman–Crippen MR) is 82.2 cm³/mol. The van der Waals surface area contributed by atoms with Gasteiger partial charge >= 0.3 is 0 Å². The zero-order chi connectivity index (χ0) is 15.1. The summed E-state index contributed by atoms with van der Waals surface area (Å²) in [5.41, 5.74) is 2.11. The van der Waals surface area contributed by atoms with Crippen molar-refractivity contribution < 1.29 is 4.79 Å². The van der Waals surface area contributed by atoms with Crippen LogP contribution in [0.5, 0.6) is 0 Å². The van der Waals surface area contributed by atoms with Crippen molar-refractivity contribution in [3.8, 4) is 0 Å². The maximum absolute atomic E-state index is 12.5. The van der Waals surface area contributed by atoms with Crippen molar-refractivity contribution in [2.75, 3.05) is 13.1 Å². The minimum atomic E-state index is -0.0691. The Kier molecular flexibility index (Phi) is 3.97. The van der Waals surface area contributed by atoms with Gasteiger partial charge in [0.1, 0.15) is 5.15 Å². The first kappa shape index (κ1) is 14.9. The highest BCUT2D eigenvalue weighted by atomic mass is 35.5. The number of hydrogen-bond donors (Lipinski definition) is 0. The molecule has 0 aromatic carbocycles. The molecule has 0 bridgehead atoms. The van der Waals surface area contributed by atoms with Crippen LogP contribution < -0.4 is 0 Å². The lowest BCUT2D eigenvalue weighted by Gasteiger charge is -2.41. The summed E-state index contributed by atoms with van der Waals surface area (Å²) >= 11 is 6.39. The molecule has 0 aliphatic carbocycles. The zero-order valence-electron chi connectivity index (χ0n) is 13.0. The molecule has 3 heterocycles. The molecule has 0 N–H and O–H groups in total. The maximum atomic E-state index is 12.5. The van der Waals surface area contributed by atoms with Crippen LogP contribution in [0.4, 0.5) is 0 Å². The Morgan fingerprint density at radius 1 is 1.43 bits per heavy atom. The van der Waals surface area contributed by atoms with Gasteiger partial charge in [-0.1, -0.05) is 18.5 Å². The van der Waals surface area contributed by atoms with E-state index in [4.69, 9.17) is 11.6 Å². The van der Waals surface area contributed by atoms with Gasteiger partial charge in [-0.05, 0) is 26.2 Å². The topological polar surface area (TPSA) is 41.4 Å². The summed E-state index contributed by atoms with van der Waals surface area (Å²) in [6.45, 7) is 6.68. The van der Waals surface area contributed by atoms with Gasteiger partial charge in [0.05, 0.1) is 11.7 Å². The highest BCUT2D eigenvalue weighted by Crippen LogP contribution is 2.29. The van der Waals surface area contributed by atoms with Gasteiger partial charge in [0.2, 0.25) is 5.91 Å². The normalized spacial score (nSPS) is 26.5. The van der Waals surface area contributed by atoms with E-state index >= 15 is 0 Å². The van der Waals surface area contributed by atoms with E-state index in [1.807, 2.05) is 14.0 Å². The summed E-state index contributed by atoms with van der Waals surface area (Å²) in [6, 6.07) is 0.314. The highest BCUT2D eigenvalue weighted by molar-refractivity contribution is 6.30. The lowest BCUT2D eigenvalue weighted by molar-refractivity contribution is -0.143. The zero-order valence-corrected chi connectivity index (χ0v) is 13.7. The number of halogens is 1. The number of hydrogen-bond acceptors (Lipinski definition) is 3. The summed E-state index contributed by atoms with van der Waals surface area (Å²) < 4.78 is 1.73. The van der Waals surface area contributed by atoms with Crippen LogP contribution in [0, 0.1) is 0 Å². The summed E-state index contributed by atoms with van der Waals surface area (Å²) in [6.07, 6.45) is 3.11. The number of carbonyl (C=O) groups excluding carboxylic acids is 1. The van der Waals surface area contributed by atoms with Crippen molar-refractivity contribution in [2.24, 2.45) is 7.05 Å². The Bertz CT molecular complexity index is 556. The van der Waals surface area contributed by atoms with E-state index in [9.17, 15) is 4.79 Å². The monoisotopic (exact) mass is 310 g/mol. The van der Waals surface area contributed by atoms with E-state index < -0.39 is 0 Å². The molecule has 0 spiro atoms. The Morgan fingerprint density at radius 2 is 2.19 bits per heavy atom. The van der Waals surface area contributed by atoms with E-state index in [2.05, 4.69) is 21.8 Å². The number of nitrogens with zero attached hydrogens (tertiary/aromatic N) is 4. The lowest BCUT2D eigenvalue weighted by Crippen LogP contribution is -2.58. The van der Waals surface area contributed by atoms with Crippen molar-refractivity contribution in [1.29, 1.82) is 0 Å². The molecule has 1 amide bonds. The maximum Gasteiger partial charge on any atom is 0.239 e. The molecule has 0 unspecified atom stereocenters. The molecule has 2 aliphatic heterocycles. The number of carbonyl (C=O) groups is 1. The van der Waals surface area contributed by atoms with E-state index in [1.165, 1.54) is 0 Å². The summed E-state index contributed by atoms with van der Waals surface area (Å²) in [4.78, 5) is 16.8. The van der Waals surface area contributed by atoms with Gasteiger partial charge in [-0.3, -0.25) is 14.4 Å². The second-order valence-corrected chi connectivity index (χ2v) is 6.48. The molecule has 2 aliphatic rings. The SMILES string of the molecule is CCc1nn(C)c(Cl)c1CN1C[C@@H]2CCCN2C(=O)[C@@H]1C. The molecule has 0 saturated carbocycles. The molecule has 1 aromatic heterocycles. The van der Waals surface area contributed by atoms with E-state index in [0.29, 0.717) is 17.7 Å². The molecule has 5 nitrogen and oxygen atoms in total. The third-order valence-corrected chi connectivity index (χ3v) is 5.33. The quantitative estimate of drug-likeness (QED) is 0.855. The van der Waals surface area contributed by atoms with Gasteiger partial charge in [0.25, 0.3) is 0 Å². The fraction of sp³-hybridized carbons (Fsp3) is 0.733. The molecular weight excluding hydrogens is 288 g/mol. The first-order chi connectivity index (χ1) is 10.0. The average molecular weight is 311 g/mol. The van der Waals surface area contributed by atoms with Crippen LogP contribution in [-0.4, -0.2) is 50.7 Å². The van der Waals surface area contributed by atoms with Crippen LogP contribution >= 0.6 is 11.6 Å². The number of rotatable bonds is 3. The molecular formula is C15H23ClN4O.